The molecule has 1 heterocycles. The van der Waals surface area contributed by atoms with E-state index in [0.717, 1.165) is 17.9 Å². The molecule has 1 aliphatic heterocycles. The van der Waals surface area contributed by atoms with Gasteiger partial charge in [-0.2, -0.15) is 16.1 Å². The average molecular weight is 341 g/mol. The van der Waals surface area contributed by atoms with Crippen LogP contribution in [0.15, 0.2) is 17.0 Å². The lowest BCUT2D eigenvalue weighted by atomic mass is 10.3. The summed E-state index contributed by atoms with van der Waals surface area (Å²) in [6.45, 7) is 0. The highest BCUT2D eigenvalue weighted by molar-refractivity contribution is 7.99. The molecule has 0 aromatic heterocycles. The number of halogens is 2. The maximum Gasteiger partial charge on any atom is 0.244 e. The quantitative estimate of drug-likeness (QED) is 0.859. The molecular weight excluding hydrogens is 327 g/mol. The van der Waals surface area contributed by atoms with Crippen LogP contribution in [-0.4, -0.2) is 37.3 Å². The molecule has 19 heavy (non-hydrogen) atoms. The van der Waals surface area contributed by atoms with Gasteiger partial charge < -0.3 is 5.73 Å². The molecule has 8 heteroatoms. The Morgan fingerprint density at radius 2 is 2.11 bits per heavy atom. The van der Waals surface area contributed by atoms with Crippen LogP contribution in [0.5, 0.6) is 0 Å². The molecule has 2 N–H and O–H groups in total. The van der Waals surface area contributed by atoms with E-state index in [-0.39, 0.29) is 26.7 Å². The number of nitrogens with two attached hydrogens (primary N) is 1. The van der Waals surface area contributed by atoms with Crippen molar-refractivity contribution in [3.05, 3.63) is 22.2 Å². The van der Waals surface area contributed by atoms with E-state index in [1.807, 2.05) is 0 Å². The van der Waals surface area contributed by atoms with Crippen LogP contribution in [0.3, 0.4) is 0 Å². The van der Waals surface area contributed by atoms with Crippen molar-refractivity contribution in [2.75, 3.05) is 24.3 Å². The van der Waals surface area contributed by atoms with Crippen LogP contribution in [0.1, 0.15) is 6.42 Å². The van der Waals surface area contributed by atoms with E-state index in [1.54, 1.807) is 18.8 Å². The number of nitrogen functional groups attached to an aromatic ring is 1. The van der Waals surface area contributed by atoms with Gasteiger partial charge in [0.25, 0.3) is 0 Å². The molecule has 0 amide bonds. The molecule has 0 radical (unpaired) electrons. The molecule has 1 aromatic rings. The second-order valence-electron chi connectivity index (χ2n) is 4.31. The minimum atomic E-state index is -3.64. The first-order valence-electron chi connectivity index (χ1n) is 5.65. The van der Waals surface area contributed by atoms with Gasteiger partial charge in [0.15, 0.2) is 0 Å². The van der Waals surface area contributed by atoms with Crippen LogP contribution in [0.4, 0.5) is 5.69 Å². The molecular formula is C11H14Cl2N2O2S2. The molecule has 1 saturated heterocycles. The third-order valence-electron chi connectivity index (χ3n) is 3.17. The fourth-order valence-corrected chi connectivity index (χ4v) is 5.39. The van der Waals surface area contributed by atoms with E-state index >= 15 is 0 Å². The standard InChI is InChI=1S/C11H14Cl2N2O2S2/c1-15(7-4-5-18-6-7)19(16,17)9-3-2-8(12)11(14)10(9)13/h2-3,7H,4-6,14H2,1H3. The van der Waals surface area contributed by atoms with E-state index in [0.29, 0.717) is 0 Å². The summed E-state index contributed by atoms with van der Waals surface area (Å²) in [7, 11) is -2.07. The van der Waals surface area contributed by atoms with Crippen molar-refractivity contribution < 1.29 is 8.42 Å². The zero-order valence-electron chi connectivity index (χ0n) is 10.3. The van der Waals surface area contributed by atoms with Crippen LogP contribution in [0.2, 0.25) is 10.0 Å². The highest BCUT2D eigenvalue weighted by atomic mass is 35.5. The van der Waals surface area contributed by atoms with Crippen LogP contribution >= 0.6 is 35.0 Å². The fourth-order valence-electron chi connectivity index (χ4n) is 1.91. The smallest absolute Gasteiger partial charge is 0.244 e. The summed E-state index contributed by atoms with van der Waals surface area (Å²) < 4.78 is 26.5. The van der Waals surface area contributed by atoms with Crippen molar-refractivity contribution >= 4 is 50.7 Å². The Hall–Kier alpha value is -0.140. The average Bonchev–Trinajstić information content (AvgIpc) is 2.88. The highest BCUT2D eigenvalue weighted by Gasteiger charge is 2.32. The van der Waals surface area contributed by atoms with Crippen LogP contribution in [0, 0.1) is 0 Å². The molecule has 1 aliphatic rings. The second kappa shape index (κ2) is 5.69. The summed E-state index contributed by atoms with van der Waals surface area (Å²) in [4.78, 5) is 0.00969. The minimum Gasteiger partial charge on any atom is -0.396 e. The Bertz CT molecular complexity index is 587. The van der Waals surface area contributed by atoms with Crippen LogP contribution in [-0.2, 0) is 10.0 Å². The number of anilines is 1. The molecule has 0 aliphatic carbocycles. The van der Waals surface area contributed by atoms with Crippen molar-refractivity contribution in [2.45, 2.75) is 17.4 Å². The number of hydrogen-bond donors (Lipinski definition) is 1. The Morgan fingerprint density at radius 3 is 2.68 bits per heavy atom. The van der Waals surface area contributed by atoms with Gasteiger partial charge in [-0.05, 0) is 24.3 Å². The van der Waals surface area contributed by atoms with Gasteiger partial charge in [-0.15, -0.1) is 0 Å². The van der Waals surface area contributed by atoms with Crippen LogP contribution in [0.25, 0.3) is 0 Å². The first kappa shape index (κ1) is 15.3. The zero-order chi connectivity index (χ0) is 14.2. The van der Waals surface area contributed by atoms with Crippen molar-refractivity contribution in [1.29, 1.82) is 0 Å². The Labute approximate surface area is 127 Å². The molecule has 0 spiro atoms. The van der Waals surface area contributed by atoms with Crippen molar-refractivity contribution in [3.63, 3.8) is 0 Å². The lowest BCUT2D eigenvalue weighted by Crippen LogP contribution is -2.37. The Kier molecular flexibility index (Phi) is 4.57. The van der Waals surface area contributed by atoms with Gasteiger partial charge in [0.2, 0.25) is 10.0 Å². The van der Waals surface area contributed by atoms with Gasteiger partial charge in [0.1, 0.15) is 4.90 Å². The molecule has 106 valence electrons. The Balaban J connectivity index is 2.42. The number of nitrogens with zero attached hydrogens (tertiary/aromatic N) is 1. The number of hydrogen-bond acceptors (Lipinski definition) is 4. The summed E-state index contributed by atoms with van der Waals surface area (Å²) in [6.07, 6.45) is 0.848. The van der Waals surface area contributed by atoms with E-state index in [9.17, 15) is 8.42 Å². The summed E-state index contributed by atoms with van der Waals surface area (Å²) >= 11 is 13.6. The van der Waals surface area contributed by atoms with Gasteiger partial charge in [0.05, 0.1) is 15.7 Å². The first-order chi connectivity index (χ1) is 8.85. The normalized spacial score (nSPS) is 20.1. The molecule has 0 saturated carbocycles. The highest BCUT2D eigenvalue weighted by Crippen LogP contribution is 2.35. The van der Waals surface area contributed by atoms with Gasteiger partial charge in [-0.25, -0.2) is 8.42 Å². The molecule has 1 aromatic carbocycles. The summed E-state index contributed by atoms with van der Waals surface area (Å²) in [5.41, 5.74) is 5.78. The molecule has 4 nitrogen and oxygen atoms in total. The number of rotatable bonds is 3. The first-order valence-corrected chi connectivity index (χ1v) is 9.00. The van der Waals surface area contributed by atoms with E-state index in [2.05, 4.69) is 0 Å². The maximum absolute atomic E-state index is 12.5. The topological polar surface area (TPSA) is 63.4 Å². The SMILES string of the molecule is CN(C1CCSC1)S(=O)(=O)c1ccc(Cl)c(N)c1Cl. The zero-order valence-corrected chi connectivity index (χ0v) is 13.4. The predicted molar refractivity (Wildman–Crippen MR) is 81.6 cm³/mol. The van der Waals surface area contributed by atoms with E-state index in [4.69, 9.17) is 28.9 Å². The van der Waals surface area contributed by atoms with Gasteiger partial charge in [-0.1, -0.05) is 23.2 Å². The number of benzene rings is 1. The number of thioether (sulfide) groups is 1. The largest absolute Gasteiger partial charge is 0.396 e. The van der Waals surface area contributed by atoms with Gasteiger partial charge in [0, 0.05) is 18.8 Å². The molecule has 2 rings (SSSR count). The summed E-state index contributed by atoms with van der Waals surface area (Å²) in [5.74, 6) is 1.78. The predicted octanol–water partition coefficient (Wildman–Crippen LogP) is 2.70. The van der Waals surface area contributed by atoms with Gasteiger partial charge >= 0.3 is 0 Å². The lowest BCUT2D eigenvalue weighted by Gasteiger charge is -2.24. The fraction of sp³-hybridized carbons (Fsp3) is 0.455. The van der Waals surface area contributed by atoms with Crippen molar-refractivity contribution in [2.24, 2.45) is 0 Å². The number of sulfonamides is 1. The van der Waals surface area contributed by atoms with E-state index in [1.165, 1.54) is 16.4 Å². The minimum absolute atomic E-state index is 0.00275. The summed E-state index contributed by atoms with van der Waals surface area (Å²) in [6, 6.07) is 2.85. The molecule has 1 fully saturated rings. The third kappa shape index (κ3) is 2.83. The van der Waals surface area contributed by atoms with Gasteiger partial charge in [-0.3, -0.25) is 0 Å². The summed E-state index contributed by atoms with van der Waals surface area (Å²) in [5, 5.41) is 0.244. The third-order valence-corrected chi connectivity index (χ3v) is 7.11. The lowest BCUT2D eigenvalue weighted by molar-refractivity contribution is 0.394. The molecule has 1 unspecified atom stereocenters. The maximum atomic E-state index is 12.5. The Morgan fingerprint density at radius 1 is 1.42 bits per heavy atom. The monoisotopic (exact) mass is 340 g/mol. The van der Waals surface area contributed by atoms with Crippen molar-refractivity contribution in [3.8, 4) is 0 Å². The molecule has 1 atom stereocenters. The van der Waals surface area contributed by atoms with Crippen molar-refractivity contribution in [1.82, 2.24) is 4.31 Å². The van der Waals surface area contributed by atoms with Crippen LogP contribution < -0.4 is 5.73 Å². The second-order valence-corrected chi connectivity index (χ2v) is 8.21. The van der Waals surface area contributed by atoms with E-state index < -0.39 is 10.0 Å². The molecule has 0 bridgehead atoms.